The maximum Gasteiger partial charge on any atom is 0.417 e. The smallest absolute Gasteiger partial charge is 0.417 e. The fourth-order valence-electron chi connectivity index (χ4n) is 2.88. The number of rotatable bonds is 5. The van der Waals surface area contributed by atoms with Crippen LogP contribution in [0.2, 0.25) is 0 Å². The highest BCUT2D eigenvalue weighted by Gasteiger charge is 2.33. The molecular weight excluding hydrogens is 395 g/mol. The minimum absolute atomic E-state index is 0.0227. The summed E-state index contributed by atoms with van der Waals surface area (Å²) in [5.41, 5.74) is -0.332. The predicted octanol–water partition coefficient (Wildman–Crippen LogP) is 5.23. The van der Waals surface area contributed by atoms with Gasteiger partial charge in [0.1, 0.15) is 5.70 Å². The highest BCUT2D eigenvalue weighted by atomic mass is 19.4. The van der Waals surface area contributed by atoms with Crippen LogP contribution in [0.5, 0.6) is 0 Å². The summed E-state index contributed by atoms with van der Waals surface area (Å²) in [4.78, 5) is 23.8. The fraction of sp³-hybridized carbons (Fsp3) is 0.0435. The standard InChI is InChI=1S/C23H16F3NO3/c24-23(25,26)19-12-5-4-11-18(19)17-10-6-7-15(13-17)14-20(22(29)30)27-21(28)16-8-2-1-3-9-16/h1-14H,(H,27,28)(H,29,30)/b20-14-. The molecule has 0 aliphatic carbocycles. The molecule has 0 atom stereocenters. The van der Waals surface area contributed by atoms with Gasteiger partial charge in [0.25, 0.3) is 5.91 Å². The lowest BCUT2D eigenvalue weighted by atomic mass is 9.97. The molecule has 0 spiro atoms. The number of alkyl halides is 3. The minimum Gasteiger partial charge on any atom is -0.477 e. The van der Waals surface area contributed by atoms with Crippen LogP contribution in [0.3, 0.4) is 0 Å². The summed E-state index contributed by atoms with van der Waals surface area (Å²) in [5.74, 6) is -1.98. The summed E-state index contributed by atoms with van der Waals surface area (Å²) in [5, 5.41) is 11.8. The van der Waals surface area contributed by atoms with Crippen LogP contribution in [0.15, 0.2) is 84.6 Å². The number of carbonyl (C=O) groups is 2. The number of carbonyl (C=O) groups excluding carboxylic acids is 1. The van der Waals surface area contributed by atoms with Crippen LogP contribution in [0, 0.1) is 0 Å². The van der Waals surface area contributed by atoms with Crippen molar-refractivity contribution >= 4 is 18.0 Å². The number of nitrogens with one attached hydrogen (secondary N) is 1. The zero-order chi connectivity index (χ0) is 21.7. The average molecular weight is 411 g/mol. The number of hydrogen-bond acceptors (Lipinski definition) is 2. The monoisotopic (exact) mass is 411 g/mol. The topological polar surface area (TPSA) is 66.4 Å². The average Bonchev–Trinajstić information content (AvgIpc) is 2.73. The van der Waals surface area contributed by atoms with Gasteiger partial charge >= 0.3 is 12.1 Å². The lowest BCUT2D eigenvalue weighted by Crippen LogP contribution is -2.27. The first kappa shape index (κ1) is 20.9. The van der Waals surface area contributed by atoms with Gasteiger partial charge in [-0.25, -0.2) is 4.79 Å². The van der Waals surface area contributed by atoms with E-state index in [4.69, 9.17) is 0 Å². The molecule has 0 aliphatic heterocycles. The zero-order valence-corrected chi connectivity index (χ0v) is 15.5. The van der Waals surface area contributed by atoms with Crippen molar-refractivity contribution in [3.05, 3.63) is 101 Å². The van der Waals surface area contributed by atoms with Gasteiger partial charge in [-0.05, 0) is 47.0 Å². The number of benzene rings is 3. The first-order chi connectivity index (χ1) is 14.3. The van der Waals surface area contributed by atoms with E-state index in [2.05, 4.69) is 5.32 Å². The van der Waals surface area contributed by atoms with Crippen LogP contribution in [-0.4, -0.2) is 17.0 Å². The molecule has 0 saturated carbocycles. The van der Waals surface area contributed by atoms with Gasteiger partial charge in [0.05, 0.1) is 5.56 Å². The third-order valence-electron chi connectivity index (χ3n) is 4.26. The Morgan fingerprint density at radius 2 is 1.53 bits per heavy atom. The molecule has 7 heteroatoms. The molecule has 4 nitrogen and oxygen atoms in total. The Morgan fingerprint density at radius 3 is 2.20 bits per heavy atom. The van der Waals surface area contributed by atoms with E-state index in [0.29, 0.717) is 5.56 Å². The molecule has 3 aromatic carbocycles. The summed E-state index contributed by atoms with van der Waals surface area (Å²) < 4.78 is 40.0. The number of amides is 1. The van der Waals surface area contributed by atoms with Crippen molar-refractivity contribution in [3.63, 3.8) is 0 Å². The molecule has 3 aromatic rings. The van der Waals surface area contributed by atoms with Crippen molar-refractivity contribution in [2.45, 2.75) is 6.18 Å². The number of aliphatic carboxylic acids is 1. The normalized spacial score (nSPS) is 11.8. The van der Waals surface area contributed by atoms with Gasteiger partial charge in [-0.2, -0.15) is 13.2 Å². The Labute approximate surface area is 170 Å². The summed E-state index contributed by atoms with van der Waals surface area (Å²) in [6, 6.07) is 19.2. The molecule has 0 heterocycles. The molecule has 30 heavy (non-hydrogen) atoms. The number of hydrogen-bond donors (Lipinski definition) is 2. The van der Waals surface area contributed by atoms with Crippen molar-refractivity contribution in [2.24, 2.45) is 0 Å². The molecule has 0 aromatic heterocycles. The third-order valence-corrected chi connectivity index (χ3v) is 4.26. The first-order valence-electron chi connectivity index (χ1n) is 8.84. The van der Waals surface area contributed by atoms with E-state index in [1.807, 2.05) is 0 Å². The summed E-state index contributed by atoms with van der Waals surface area (Å²) in [7, 11) is 0. The molecule has 3 rings (SSSR count). The minimum atomic E-state index is -4.53. The zero-order valence-electron chi connectivity index (χ0n) is 15.5. The molecule has 2 N–H and O–H groups in total. The maximum absolute atomic E-state index is 13.3. The fourth-order valence-corrected chi connectivity index (χ4v) is 2.88. The van der Waals surface area contributed by atoms with Gasteiger partial charge in [0, 0.05) is 5.56 Å². The first-order valence-corrected chi connectivity index (χ1v) is 8.84. The van der Waals surface area contributed by atoms with Gasteiger partial charge in [0.2, 0.25) is 0 Å². The highest BCUT2D eigenvalue weighted by Crippen LogP contribution is 2.37. The van der Waals surface area contributed by atoms with Crippen LogP contribution >= 0.6 is 0 Å². The molecular formula is C23H16F3NO3. The lowest BCUT2D eigenvalue weighted by Gasteiger charge is -2.13. The Kier molecular flexibility index (Phi) is 6.01. The molecule has 0 fully saturated rings. The second-order valence-corrected chi connectivity index (χ2v) is 6.35. The second kappa shape index (κ2) is 8.65. The molecule has 152 valence electrons. The molecule has 0 radical (unpaired) electrons. The van der Waals surface area contributed by atoms with E-state index in [-0.39, 0.29) is 16.7 Å². The van der Waals surface area contributed by atoms with Gasteiger partial charge in [-0.15, -0.1) is 0 Å². The Balaban J connectivity index is 1.96. The van der Waals surface area contributed by atoms with E-state index in [1.165, 1.54) is 60.7 Å². The van der Waals surface area contributed by atoms with Gasteiger partial charge in [-0.1, -0.05) is 54.6 Å². The Bertz CT molecular complexity index is 1110. The molecule has 0 unspecified atom stereocenters. The van der Waals surface area contributed by atoms with Gasteiger partial charge < -0.3 is 10.4 Å². The van der Waals surface area contributed by atoms with Crippen LogP contribution < -0.4 is 5.32 Å². The van der Waals surface area contributed by atoms with Crippen molar-refractivity contribution in [3.8, 4) is 11.1 Å². The van der Waals surface area contributed by atoms with Gasteiger partial charge in [0.15, 0.2) is 0 Å². The van der Waals surface area contributed by atoms with Crippen LogP contribution in [-0.2, 0) is 11.0 Å². The number of carboxylic acids is 1. The largest absolute Gasteiger partial charge is 0.477 e. The van der Waals surface area contributed by atoms with E-state index in [1.54, 1.807) is 18.2 Å². The summed E-state index contributed by atoms with van der Waals surface area (Å²) >= 11 is 0. The summed E-state index contributed by atoms with van der Waals surface area (Å²) in [6.07, 6.45) is -3.33. The van der Waals surface area contributed by atoms with Crippen molar-refractivity contribution in [2.75, 3.05) is 0 Å². The highest BCUT2D eigenvalue weighted by molar-refractivity contribution is 6.02. The number of halogens is 3. The SMILES string of the molecule is O=C(O)/C(=C/c1cccc(-c2ccccc2C(F)(F)F)c1)NC(=O)c1ccccc1. The summed E-state index contributed by atoms with van der Waals surface area (Å²) in [6.45, 7) is 0. The third kappa shape index (κ3) is 4.94. The molecule has 0 saturated heterocycles. The quantitative estimate of drug-likeness (QED) is 0.565. The number of carboxylic acid groups (broad SMARTS) is 1. The van der Waals surface area contributed by atoms with Crippen LogP contribution in [0.4, 0.5) is 13.2 Å². The van der Waals surface area contributed by atoms with Crippen molar-refractivity contribution in [1.82, 2.24) is 5.32 Å². The Morgan fingerprint density at radius 1 is 0.867 bits per heavy atom. The van der Waals surface area contributed by atoms with Crippen molar-refractivity contribution in [1.29, 1.82) is 0 Å². The second-order valence-electron chi connectivity index (χ2n) is 6.35. The van der Waals surface area contributed by atoms with E-state index >= 15 is 0 Å². The van der Waals surface area contributed by atoms with E-state index in [9.17, 15) is 27.9 Å². The molecule has 1 amide bonds. The lowest BCUT2D eigenvalue weighted by molar-refractivity contribution is -0.137. The van der Waals surface area contributed by atoms with E-state index in [0.717, 1.165) is 6.07 Å². The molecule has 0 bridgehead atoms. The predicted molar refractivity (Wildman–Crippen MR) is 106 cm³/mol. The van der Waals surface area contributed by atoms with Crippen LogP contribution in [0.25, 0.3) is 17.2 Å². The van der Waals surface area contributed by atoms with Crippen LogP contribution in [0.1, 0.15) is 21.5 Å². The van der Waals surface area contributed by atoms with E-state index < -0.39 is 29.3 Å². The molecule has 0 aliphatic rings. The Hall–Kier alpha value is -3.87. The van der Waals surface area contributed by atoms with Gasteiger partial charge in [-0.3, -0.25) is 4.79 Å². The maximum atomic E-state index is 13.3. The van der Waals surface area contributed by atoms with Crippen molar-refractivity contribution < 1.29 is 27.9 Å².